The van der Waals surface area contributed by atoms with Gasteiger partial charge in [-0.1, -0.05) is 23.7 Å². The van der Waals surface area contributed by atoms with Crippen LogP contribution in [0.5, 0.6) is 11.5 Å². The summed E-state index contributed by atoms with van der Waals surface area (Å²) in [4.78, 5) is 31.8. The molecule has 0 spiro atoms. The van der Waals surface area contributed by atoms with E-state index in [-0.39, 0.29) is 25.1 Å². The van der Waals surface area contributed by atoms with E-state index < -0.39 is 5.91 Å². The highest BCUT2D eigenvalue weighted by atomic mass is 35.5. The van der Waals surface area contributed by atoms with Gasteiger partial charge in [-0.05, 0) is 43.3 Å². The second-order valence-electron chi connectivity index (χ2n) is 8.19. The van der Waals surface area contributed by atoms with Crippen molar-refractivity contribution in [1.82, 2.24) is 19.8 Å². The number of imidazole rings is 1. The third kappa shape index (κ3) is 6.27. The van der Waals surface area contributed by atoms with E-state index in [4.69, 9.17) is 25.5 Å². The first-order chi connectivity index (χ1) is 18.4. The number of benzene rings is 2. The van der Waals surface area contributed by atoms with Gasteiger partial charge in [-0.2, -0.15) is 0 Å². The summed E-state index contributed by atoms with van der Waals surface area (Å²) in [5.74, 6) is 1.47. The van der Waals surface area contributed by atoms with Gasteiger partial charge in [0.2, 0.25) is 11.9 Å². The van der Waals surface area contributed by atoms with E-state index >= 15 is 0 Å². The highest BCUT2D eigenvalue weighted by Crippen LogP contribution is 2.32. The van der Waals surface area contributed by atoms with Crippen molar-refractivity contribution in [3.63, 3.8) is 0 Å². The smallest absolute Gasteiger partial charge is 0.318 e. The molecule has 0 unspecified atom stereocenters. The van der Waals surface area contributed by atoms with Gasteiger partial charge in [0.25, 0.3) is 0 Å². The Morgan fingerprint density at radius 2 is 1.84 bits per heavy atom. The number of anilines is 1. The van der Waals surface area contributed by atoms with Gasteiger partial charge in [-0.25, -0.2) is 9.78 Å². The molecule has 4 rings (SSSR count). The van der Waals surface area contributed by atoms with E-state index in [1.165, 1.54) is 11.2 Å². The van der Waals surface area contributed by atoms with Crippen molar-refractivity contribution in [3.05, 3.63) is 77.8 Å². The molecule has 0 fully saturated rings. The fourth-order valence-electron chi connectivity index (χ4n) is 3.79. The number of rotatable bonds is 10. The standard InChI is InChI=1S/C27H28ClN5O5/c1-4-29-27(35)32(15-21-6-5-13-38-21)17-25(34)31-26-30-22(18-7-9-19(28)10-8-18)16-33(26)20-11-12-23(36-2)24(14-20)37-3/h5-14,16H,4,15,17H2,1-3H3,(H,29,35)(H,30,31,34). The van der Waals surface area contributed by atoms with Crippen molar-refractivity contribution >= 4 is 29.5 Å². The SMILES string of the molecule is CCNC(=O)N(CC(=O)Nc1nc(-c2ccc(Cl)cc2)cn1-c1ccc(OC)c(OC)c1)Cc1ccco1. The summed E-state index contributed by atoms with van der Waals surface area (Å²) in [5, 5.41) is 6.17. The number of carbonyl (C=O) groups excluding carboxylic acids is 2. The summed E-state index contributed by atoms with van der Waals surface area (Å²) in [7, 11) is 3.11. The Bertz CT molecular complexity index is 1390. The second-order valence-corrected chi connectivity index (χ2v) is 8.62. The van der Waals surface area contributed by atoms with Crippen molar-refractivity contribution in [3.8, 4) is 28.4 Å². The fourth-order valence-corrected chi connectivity index (χ4v) is 3.92. The van der Waals surface area contributed by atoms with Gasteiger partial charge in [-0.3, -0.25) is 14.7 Å². The van der Waals surface area contributed by atoms with Crippen molar-refractivity contribution in [2.24, 2.45) is 0 Å². The molecule has 10 nitrogen and oxygen atoms in total. The molecule has 0 aliphatic carbocycles. The van der Waals surface area contributed by atoms with E-state index in [2.05, 4.69) is 15.6 Å². The Labute approximate surface area is 225 Å². The highest BCUT2D eigenvalue weighted by molar-refractivity contribution is 6.30. The van der Waals surface area contributed by atoms with Crippen LogP contribution < -0.4 is 20.1 Å². The summed E-state index contributed by atoms with van der Waals surface area (Å²) in [6.45, 7) is 2.14. The molecule has 0 bridgehead atoms. The molecule has 0 saturated heterocycles. The first kappa shape index (κ1) is 26.6. The zero-order chi connectivity index (χ0) is 27.1. The zero-order valence-corrected chi connectivity index (χ0v) is 22.0. The minimum absolute atomic E-state index is 0.131. The largest absolute Gasteiger partial charge is 0.493 e. The maximum atomic E-state index is 13.2. The van der Waals surface area contributed by atoms with Gasteiger partial charge in [-0.15, -0.1) is 0 Å². The normalized spacial score (nSPS) is 10.6. The minimum atomic E-state index is -0.433. The van der Waals surface area contributed by atoms with Crippen molar-refractivity contribution in [2.45, 2.75) is 13.5 Å². The van der Waals surface area contributed by atoms with Gasteiger partial charge >= 0.3 is 6.03 Å². The van der Waals surface area contributed by atoms with Crippen molar-refractivity contribution in [2.75, 3.05) is 32.6 Å². The average Bonchev–Trinajstić information content (AvgIpc) is 3.58. The molecule has 2 aromatic carbocycles. The maximum Gasteiger partial charge on any atom is 0.318 e. The fraction of sp³-hybridized carbons (Fsp3) is 0.222. The molecule has 38 heavy (non-hydrogen) atoms. The lowest BCUT2D eigenvalue weighted by Crippen LogP contribution is -2.43. The molecule has 0 radical (unpaired) electrons. The number of furan rings is 1. The molecule has 3 amide bonds. The molecule has 198 valence electrons. The first-order valence-electron chi connectivity index (χ1n) is 11.8. The maximum absolute atomic E-state index is 13.2. The van der Waals surface area contributed by atoms with Gasteiger partial charge in [0.05, 0.1) is 38.4 Å². The number of methoxy groups -OCH3 is 2. The molecule has 11 heteroatoms. The third-order valence-electron chi connectivity index (χ3n) is 5.62. The molecule has 2 aromatic heterocycles. The number of nitrogens with one attached hydrogen (secondary N) is 2. The van der Waals surface area contributed by atoms with Crippen LogP contribution >= 0.6 is 11.6 Å². The van der Waals surface area contributed by atoms with E-state index in [1.807, 2.05) is 18.2 Å². The predicted molar refractivity (Wildman–Crippen MR) is 144 cm³/mol. The molecule has 0 aliphatic rings. The van der Waals surface area contributed by atoms with E-state index in [1.54, 1.807) is 68.3 Å². The Hall–Kier alpha value is -4.44. The molecular formula is C27H28ClN5O5. The molecule has 0 saturated carbocycles. The van der Waals surface area contributed by atoms with Crippen LogP contribution in [-0.4, -0.2) is 53.7 Å². The number of halogens is 1. The van der Waals surface area contributed by atoms with E-state index in [9.17, 15) is 9.59 Å². The summed E-state index contributed by atoms with van der Waals surface area (Å²) in [5.41, 5.74) is 2.11. The highest BCUT2D eigenvalue weighted by Gasteiger charge is 2.21. The molecule has 0 aliphatic heterocycles. The van der Waals surface area contributed by atoms with Crippen LogP contribution in [0.15, 0.2) is 71.5 Å². The number of urea groups is 1. The van der Waals surface area contributed by atoms with Crippen LogP contribution in [0.4, 0.5) is 10.7 Å². The van der Waals surface area contributed by atoms with Crippen LogP contribution in [0.1, 0.15) is 12.7 Å². The van der Waals surface area contributed by atoms with Crippen LogP contribution in [0.2, 0.25) is 5.02 Å². The molecule has 2 heterocycles. The Morgan fingerprint density at radius 1 is 1.08 bits per heavy atom. The summed E-state index contributed by atoms with van der Waals surface area (Å²) >= 11 is 6.06. The Balaban J connectivity index is 1.65. The van der Waals surface area contributed by atoms with Gasteiger partial charge < -0.3 is 24.1 Å². The summed E-state index contributed by atoms with van der Waals surface area (Å²) < 4.78 is 17.9. The van der Waals surface area contributed by atoms with Crippen LogP contribution in [0.3, 0.4) is 0 Å². The number of nitrogens with zero attached hydrogens (tertiary/aromatic N) is 3. The molecular weight excluding hydrogens is 510 g/mol. The predicted octanol–water partition coefficient (Wildman–Crippen LogP) is 4.97. The Morgan fingerprint density at radius 3 is 2.50 bits per heavy atom. The van der Waals surface area contributed by atoms with Crippen LogP contribution in [-0.2, 0) is 11.3 Å². The minimum Gasteiger partial charge on any atom is -0.493 e. The number of amides is 3. The lowest BCUT2D eigenvalue weighted by molar-refractivity contribution is -0.117. The number of hydrogen-bond donors (Lipinski definition) is 2. The number of carbonyl (C=O) groups is 2. The lowest BCUT2D eigenvalue weighted by Gasteiger charge is -2.21. The Kier molecular flexibility index (Phi) is 8.55. The molecule has 0 atom stereocenters. The average molecular weight is 538 g/mol. The number of hydrogen-bond acceptors (Lipinski definition) is 6. The number of ether oxygens (including phenoxy) is 2. The molecule has 4 aromatic rings. The third-order valence-corrected chi connectivity index (χ3v) is 5.87. The van der Waals surface area contributed by atoms with Gasteiger partial charge in [0, 0.05) is 29.4 Å². The monoisotopic (exact) mass is 537 g/mol. The molecule has 2 N–H and O–H groups in total. The quantitative estimate of drug-likeness (QED) is 0.295. The van der Waals surface area contributed by atoms with E-state index in [0.29, 0.717) is 40.2 Å². The van der Waals surface area contributed by atoms with Gasteiger partial charge in [0.1, 0.15) is 12.3 Å². The van der Waals surface area contributed by atoms with Gasteiger partial charge in [0.15, 0.2) is 11.5 Å². The first-order valence-corrected chi connectivity index (χ1v) is 12.2. The summed E-state index contributed by atoms with van der Waals surface area (Å²) in [6, 6.07) is 15.7. The van der Waals surface area contributed by atoms with Crippen LogP contribution in [0, 0.1) is 0 Å². The topological polar surface area (TPSA) is 111 Å². The lowest BCUT2D eigenvalue weighted by atomic mass is 10.2. The summed E-state index contributed by atoms with van der Waals surface area (Å²) in [6.07, 6.45) is 3.31. The van der Waals surface area contributed by atoms with Crippen molar-refractivity contribution < 1.29 is 23.5 Å². The van der Waals surface area contributed by atoms with Crippen molar-refractivity contribution in [1.29, 1.82) is 0 Å². The second kappa shape index (κ2) is 12.2. The number of aromatic nitrogens is 2. The van der Waals surface area contributed by atoms with Crippen LogP contribution in [0.25, 0.3) is 16.9 Å². The zero-order valence-electron chi connectivity index (χ0n) is 21.2. The van der Waals surface area contributed by atoms with E-state index in [0.717, 1.165) is 5.56 Å².